The van der Waals surface area contributed by atoms with Crippen LogP contribution in [-0.4, -0.2) is 35.0 Å². The number of hydrogen-bond donors (Lipinski definition) is 2. The molecule has 12 heavy (non-hydrogen) atoms. The van der Waals surface area contributed by atoms with Crippen LogP contribution in [0.4, 0.5) is 0 Å². The van der Waals surface area contributed by atoms with Gasteiger partial charge in [-0.1, -0.05) is 24.4 Å². The molecule has 0 saturated carbocycles. The lowest BCUT2D eigenvalue weighted by Gasteiger charge is -2.22. The topological polar surface area (TPSA) is 55.3 Å². The molecule has 0 radical (unpaired) electrons. The maximum atomic E-state index is 5.43. The average molecular weight is 205 g/mol. The monoisotopic (exact) mass is 205 g/mol. The first-order chi connectivity index (χ1) is 5.43. The second-order valence-corrected chi connectivity index (χ2v) is 4.01. The summed E-state index contributed by atoms with van der Waals surface area (Å²) in [6, 6.07) is 0.236. The summed E-state index contributed by atoms with van der Waals surface area (Å²) in [5, 5.41) is 0. The largest absolute Gasteiger partial charge is 0.393 e. The van der Waals surface area contributed by atoms with Crippen molar-refractivity contribution in [1.82, 2.24) is 4.90 Å². The van der Waals surface area contributed by atoms with Gasteiger partial charge >= 0.3 is 0 Å². The van der Waals surface area contributed by atoms with Gasteiger partial charge in [0.2, 0.25) is 0 Å². The van der Waals surface area contributed by atoms with Gasteiger partial charge in [-0.3, -0.25) is 0 Å². The highest BCUT2D eigenvalue weighted by molar-refractivity contribution is 7.80. The quantitative estimate of drug-likeness (QED) is 0.631. The smallest absolute Gasteiger partial charge is 0.0743 e. The first kappa shape index (κ1) is 11.7. The van der Waals surface area contributed by atoms with Crippen molar-refractivity contribution in [2.45, 2.75) is 18.9 Å². The molecule has 0 fully saturated rings. The molecule has 5 heteroatoms. The Morgan fingerprint density at radius 2 is 1.50 bits per heavy atom. The molecule has 0 bridgehead atoms. The molecule has 0 aliphatic rings. The van der Waals surface area contributed by atoms with Crippen LogP contribution in [-0.2, 0) is 0 Å². The van der Waals surface area contributed by atoms with E-state index in [1.807, 2.05) is 19.0 Å². The van der Waals surface area contributed by atoms with E-state index in [1.54, 1.807) is 0 Å². The van der Waals surface area contributed by atoms with Gasteiger partial charge in [-0.05, 0) is 14.1 Å². The van der Waals surface area contributed by atoms with Crippen LogP contribution in [0.5, 0.6) is 0 Å². The summed E-state index contributed by atoms with van der Waals surface area (Å²) in [7, 11) is 3.92. The fourth-order valence-corrected chi connectivity index (χ4v) is 1.29. The van der Waals surface area contributed by atoms with Crippen LogP contribution in [0.2, 0.25) is 0 Å². The Morgan fingerprint density at radius 1 is 1.17 bits per heavy atom. The number of nitrogens with two attached hydrogens (primary N) is 2. The molecule has 70 valence electrons. The predicted molar refractivity (Wildman–Crippen MR) is 60.3 cm³/mol. The van der Waals surface area contributed by atoms with Crippen molar-refractivity contribution >= 4 is 34.4 Å². The molecule has 0 aliphatic heterocycles. The summed E-state index contributed by atoms with van der Waals surface area (Å²) in [6.45, 7) is 0. The van der Waals surface area contributed by atoms with E-state index in [4.69, 9.17) is 35.9 Å². The molecule has 0 aromatic carbocycles. The van der Waals surface area contributed by atoms with Crippen molar-refractivity contribution < 1.29 is 0 Å². The molecule has 0 aliphatic carbocycles. The zero-order valence-corrected chi connectivity index (χ0v) is 9.04. The molecular weight excluding hydrogens is 190 g/mol. The van der Waals surface area contributed by atoms with E-state index >= 15 is 0 Å². The third-order valence-electron chi connectivity index (χ3n) is 1.60. The lowest BCUT2D eigenvalue weighted by atomic mass is 10.1. The van der Waals surface area contributed by atoms with Crippen LogP contribution < -0.4 is 11.5 Å². The van der Waals surface area contributed by atoms with E-state index in [-0.39, 0.29) is 6.04 Å². The highest BCUT2D eigenvalue weighted by Crippen LogP contribution is 2.04. The van der Waals surface area contributed by atoms with Crippen LogP contribution in [0, 0.1) is 0 Å². The number of rotatable bonds is 5. The molecule has 0 spiro atoms. The molecule has 0 rings (SSSR count). The molecule has 0 saturated heterocycles. The first-order valence-electron chi connectivity index (χ1n) is 3.66. The zero-order chi connectivity index (χ0) is 9.72. The number of thiocarbonyl (C=S) groups is 2. The zero-order valence-electron chi connectivity index (χ0n) is 7.41. The molecule has 4 N–H and O–H groups in total. The van der Waals surface area contributed by atoms with Crippen molar-refractivity contribution in [3.63, 3.8) is 0 Å². The Morgan fingerprint density at radius 3 is 1.67 bits per heavy atom. The predicted octanol–water partition coefficient (Wildman–Crippen LogP) is 0.269. The Hall–Kier alpha value is -0.260. The van der Waals surface area contributed by atoms with E-state index in [9.17, 15) is 0 Å². The van der Waals surface area contributed by atoms with Crippen molar-refractivity contribution in [1.29, 1.82) is 0 Å². The summed E-state index contributed by atoms with van der Waals surface area (Å²) in [5.41, 5.74) is 10.9. The van der Waals surface area contributed by atoms with Crippen molar-refractivity contribution in [3.05, 3.63) is 0 Å². The van der Waals surface area contributed by atoms with Gasteiger partial charge in [0.1, 0.15) is 0 Å². The molecular formula is C7H15N3S2. The van der Waals surface area contributed by atoms with E-state index < -0.39 is 0 Å². The van der Waals surface area contributed by atoms with Crippen molar-refractivity contribution in [2.24, 2.45) is 11.5 Å². The third-order valence-corrected chi connectivity index (χ3v) is 1.94. The molecule has 0 aromatic heterocycles. The summed E-state index contributed by atoms with van der Waals surface area (Å²) in [6.07, 6.45) is 1.33. The van der Waals surface area contributed by atoms with Crippen LogP contribution in [0.15, 0.2) is 0 Å². The van der Waals surface area contributed by atoms with Gasteiger partial charge in [0, 0.05) is 18.9 Å². The molecule has 0 unspecified atom stereocenters. The minimum atomic E-state index is 0.236. The second-order valence-electron chi connectivity index (χ2n) is 2.96. The van der Waals surface area contributed by atoms with Crippen molar-refractivity contribution in [3.8, 4) is 0 Å². The second kappa shape index (κ2) is 5.40. The Kier molecular flexibility index (Phi) is 5.28. The van der Waals surface area contributed by atoms with E-state index in [0.29, 0.717) is 22.8 Å². The van der Waals surface area contributed by atoms with Gasteiger partial charge in [-0.15, -0.1) is 0 Å². The summed E-state index contributed by atoms with van der Waals surface area (Å²) < 4.78 is 0. The maximum absolute atomic E-state index is 5.43. The Balaban J connectivity index is 4.04. The van der Waals surface area contributed by atoms with Gasteiger partial charge in [-0.25, -0.2) is 0 Å². The molecule has 0 aromatic rings. The average Bonchev–Trinajstić information content (AvgIpc) is 1.83. The molecule has 3 nitrogen and oxygen atoms in total. The van der Waals surface area contributed by atoms with Crippen molar-refractivity contribution in [2.75, 3.05) is 14.1 Å². The first-order valence-corrected chi connectivity index (χ1v) is 4.48. The highest BCUT2D eigenvalue weighted by atomic mass is 32.1. The molecule has 0 atom stereocenters. The van der Waals surface area contributed by atoms with Crippen LogP contribution in [0.1, 0.15) is 12.8 Å². The van der Waals surface area contributed by atoms with E-state index in [0.717, 1.165) is 0 Å². The van der Waals surface area contributed by atoms with Crippen LogP contribution in [0.3, 0.4) is 0 Å². The van der Waals surface area contributed by atoms with Gasteiger partial charge in [-0.2, -0.15) is 0 Å². The lowest BCUT2D eigenvalue weighted by Crippen LogP contribution is -2.35. The van der Waals surface area contributed by atoms with Gasteiger partial charge in [0.25, 0.3) is 0 Å². The summed E-state index contributed by atoms with van der Waals surface area (Å²) in [5.74, 6) is 0. The van der Waals surface area contributed by atoms with Gasteiger partial charge in [0.05, 0.1) is 9.98 Å². The standard InChI is InChI=1S/C7H15N3S2/c1-10(2)5(3-6(8)11)4-7(9)12/h5H,3-4H2,1-2H3,(H2,8,11)(H2,9,12). The highest BCUT2D eigenvalue weighted by Gasteiger charge is 2.13. The van der Waals surface area contributed by atoms with E-state index in [1.165, 1.54) is 0 Å². The molecule has 0 amide bonds. The van der Waals surface area contributed by atoms with E-state index in [2.05, 4.69) is 0 Å². The summed E-state index contributed by atoms with van der Waals surface area (Å²) >= 11 is 9.62. The van der Waals surface area contributed by atoms with Crippen LogP contribution >= 0.6 is 24.4 Å². The van der Waals surface area contributed by atoms with Gasteiger partial charge in [0.15, 0.2) is 0 Å². The number of hydrogen-bond acceptors (Lipinski definition) is 3. The minimum absolute atomic E-state index is 0.236. The fourth-order valence-electron chi connectivity index (χ4n) is 0.902. The normalized spacial score (nSPS) is 10.7. The fraction of sp³-hybridized carbons (Fsp3) is 0.714. The van der Waals surface area contributed by atoms with Crippen LogP contribution in [0.25, 0.3) is 0 Å². The Labute approximate surface area is 84.1 Å². The maximum Gasteiger partial charge on any atom is 0.0743 e. The molecule has 0 heterocycles. The Bertz CT molecular complexity index is 163. The lowest BCUT2D eigenvalue weighted by molar-refractivity contribution is 0.308. The summed E-state index contributed by atoms with van der Waals surface area (Å²) in [4.78, 5) is 3.04. The third kappa shape index (κ3) is 5.40. The van der Waals surface area contributed by atoms with Gasteiger partial charge < -0.3 is 16.4 Å². The number of nitrogens with zero attached hydrogens (tertiary/aromatic N) is 1. The SMILES string of the molecule is CN(C)C(CC(N)=S)CC(N)=S. The minimum Gasteiger partial charge on any atom is -0.393 e.